The number of ketones is 1. The highest BCUT2D eigenvalue weighted by atomic mass is 35.5. The molecule has 9 heteroatoms. The van der Waals surface area contributed by atoms with E-state index in [0.29, 0.717) is 6.07 Å². The first-order valence-electron chi connectivity index (χ1n) is 4.61. The van der Waals surface area contributed by atoms with Crippen LogP contribution in [0.15, 0.2) is 12.1 Å². The van der Waals surface area contributed by atoms with Gasteiger partial charge in [-0.25, -0.2) is 0 Å². The second-order valence-corrected chi connectivity index (χ2v) is 3.61. The number of carbonyl (C=O) groups is 1. The van der Waals surface area contributed by atoms with E-state index < -0.39 is 45.1 Å². The lowest BCUT2D eigenvalue weighted by Gasteiger charge is -2.10. The number of nitriles is 1. The molecule has 0 bridgehead atoms. The Kier molecular flexibility index (Phi) is 4.11. The van der Waals surface area contributed by atoms with Crippen molar-refractivity contribution >= 4 is 23.1 Å². The maximum absolute atomic E-state index is 12.6. The minimum Gasteiger partial charge on any atom is -0.293 e. The number of Topliss-reactive ketones (excluding diaryl/α,β-unsaturated/α-hetero) is 1. The van der Waals surface area contributed by atoms with Crippen LogP contribution in [0.5, 0.6) is 0 Å². The van der Waals surface area contributed by atoms with Crippen molar-refractivity contribution in [3.8, 4) is 6.07 Å². The summed E-state index contributed by atoms with van der Waals surface area (Å²) >= 11 is 5.21. The van der Waals surface area contributed by atoms with Gasteiger partial charge in [0.2, 0.25) is 0 Å². The highest BCUT2D eigenvalue weighted by Crippen LogP contribution is 2.36. The lowest BCUT2D eigenvalue weighted by atomic mass is 10.00. The van der Waals surface area contributed by atoms with Gasteiger partial charge in [-0.15, -0.1) is 11.6 Å². The molecule has 0 atom stereocenters. The molecule has 0 aliphatic heterocycles. The molecule has 0 saturated heterocycles. The van der Waals surface area contributed by atoms with Crippen LogP contribution in [0.4, 0.5) is 18.9 Å². The number of carbonyl (C=O) groups excluding carboxylic acids is 1. The fraction of sp³-hybridized carbons (Fsp3) is 0.200. The number of alkyl halides is 4. The van der Waals surface area contributed by atoms with Gasteiger partial charge in [0, 0.05) is 6.07 Å². The van der Waals surface area contributed by atoms with Crippen molar-refractivity contribution in [2.45, 2.75) is 6.18 Å². The summed E-state index contributed by atoms with van der Waals surface area (Å²) in [4.78, 5) is 20.9. The van der Waals surface area contributed by atoms with Crippen LogP contribution in [0.3, 0.4) is 0 Å². The summed E-state index contributed by atoms with van der Waals surface area (Å²) in [5.41, 5.74) is -3.99. The normalized spacial score (nSPS) is 10.9. The maximum atomic E-state index is 12.6. The van der Waals surface area contributed by atoms with E-state index >= 15 is 0 Å². The topological polar surface area (TPSA) is 84.0 Å². The zero-order valence-corrected chi connectivity index (χ0v) is 9.75. The van der Waals surface area contributed by atoms with E-state index in [-0.39, 0.29) is 6.07 Å². The third-order valence-electron chi connectivity index (χ3n) is 2.18. The Morgan fingerprint density at radius 2 is 2.05 bits per heavy atom. The first-order chi connectivity index (χ1) is 8.72. The van der Waals surface area contributed by atoms with Gasteiger partial charge < -0.3 is 0 Å². The number of nitro benzene ring substituents is 1. The minimum absolute atomic E-state index is 0.165. The average Bonchev–Trinajstić information content (AvgIpc) is 2.34. The summed E-state index contributed by atoms with van der Waals surface area (Å²) in [6.45, 7) is 0. The van der Waals surface area contributed by atoms with Gasteiger partial charge in [-0.05, 0) is 6.07 Å². The van der Waals surface area contributed by atoms with Gasteiger partial charge in [-0.3, -0.25) is 14.9 Å². The van der Waals surface area contributed by atoms with Crippen molar-refractivity contribution in [1.29, 1.82) is 5.26 Å². The summed E-state index contributed by atoms with van der Waals surface area (Å²) in [5, 5.41) is 19.3. The summed E-state index contributed by atoms with van der Waals surface area (Å²) in [7, 11) is 0. The third-order valence-corrected chi connectivity index (χ3v) is 2.42. The molecule has 100 valence electrons. The molecule has 0 unspecified atom stereocenters. The summed E-state index contributed by atoms with van der Waals surface area (Å²) in [6, 6.07) is 1.95. The molecule has 0 aliphatic carbocycles. The first-order valence-corrected chi connectivity index (χ1v) is 5.14. The molecule has 0 saturated carbocycles. The summed E-state index contributed by atoms with van der Waals surface area (Å²) in [6.07, 6.45) is -4.93. The zero-order chi connectivity index (χ0) is 14.8. The molecule has 1 aromatic carbocycles. The van der Waals surface area contributed by atoms with E-state index in [0.717, 1.165) is 0 Å². The Hall–Kier alpha value is -2.14. The van der Waals surface area contributed by atoms with Gasteiger partial charge in [-0.1, -0.05) is 0 Å². The molecule has 0 spiro atoms. The van der Waals surface area contributed by atoms with Crippen molar-refractivity contribution in [3.05, 3.63) is 38.9 Å². The maximum Gasteiger partial charge on any atom is 0.417 e. The monoisotopic (exact) mass is 292 g/mol. The van der Waals surface area contributed by atoms with Crippen LogP contribution < -0.4 is 0 Å². The lowest BCUT2D eigenvalue weighted by molar-refractivity contribution is -0.385. The van der Waals surface area contributed by atoms with Crippen LogP contribution in [0.25, 0.3) is 0 Å². The van der Waals surface area contributed by atoms with Crippen molar-refractivity contribution in [2.24, 2.45) is 0 Å². The smallest absolute Gasteiger partial charge is 0.293 e. The second-order valence-electron chi connectivity index (χ2n) is 3.34. The van der Waals surface area contributed by atoms with Crippen LogP contribution in [0.1, 0.15) is 21.5 Å². The van der Waals surface area contributed by atoms with Crippen LogP contribution in [-0.4, -0.2) is 16.6 Å². The van der Waals surface area contributed by atoms with Crippen LogP contribution in [-0.2, 0) is 6.18 Å². The molecule has 0 aliphatic rings. The number of hydrogen-bond donors (Lipinski definition) is 0. The van der Waals surface area contributed by atoms with E-state index in [1.54, 1.807) is 0 Å². The Labute approximate surface area is 109 Å². The molecular formula is C10H4ClF3N2O3. The lowest BCUT2D eigenvalue weighted by Crippen LogP contribution is -2.12. The van der Waals surface area contributed by atoms with E-state index in [4.69, 9.17) is 16.9 Å². The van der Waals surface area contributed by atoms with Crippen LogP contribution in [0.2, 0.25) is 0 Å². The predicted octanol–water partition coefficient (Wildman–Crippen LogP) is 2.91. The highest BCUT2D eigenvalue weighted by Gasteiger charge is 2.37. The Bertz CT molecular complexity index is 593. The summed E-state index contributed by atoms with van der Waals surface area (Å²) < 4.78 is 37.8. The molecule has 1 rings (SSSR count). The molecule has 5 nitrogen and oxygen atoms in total. The quantitative estimate of drug-likeness (QED) is 0.371. The van der Waals surface area contributed by atoms with Gasteiger partial charge in [0.05, 0.1) is 33.6 Å². The Balaban J connectivity index is 3.67. The first kappa shape index (κ1) is 14.9. The fourth-order valence-corrected chi connectivity index (χ4v) is 1.51. The fourth-order valence-electron chi connectivity index (χ4n) is 1.36. The minimum atomic E-state index is -4.93. The molecule has 0 amide bonds. The van der Waals surface area contributed by atoms with Crippen LogP contribution in [0, 0.1) is 21.4 Å². The van der Waals surface area contributed by atoms with Crippen LogP contribution >= 0.6 is 11.6 Å². The third kappa shape index (κ3) is 3.00. The second kappa shape index (κ2) is 5.24. The molecule has 19 heavy (non-hydrogen) atoms. The summed E-state index contributed by atoms with van der Waals surface area (Å²) in [5.74, 6) is -1.57. The molecule has 0 fully saturated rings. The van der Waals surface area contributed by atoms with Gasteiger partial charge in [-0.2, -0.15) is 18.4 Å². The van der Waals surface area contributed by atoms with Crippen molar-refractivity contribution in [2.75, 3.05) is 5.88 Å². The van der Waals surface area contributed by atoms with Gasteiger partial charge in [0.25, 0.3) is 5.69 Å². The van der Waals surface area contributed by atoms with Crippen molar-refractivity contribution in [3.63, 3.8) is 0 Å². The van der Waals surface area contributed by atoms with E-state index in [1.807, 2.05) is 0 Å². The molecule has 1 aromatic rings. The standard InChI is InChI=1S/C10H4ClF3N2O3/c11-3-9(17)6-1-5(4-15)7(10(12,13)14)2-8(6)16(18)19/h1-2H,3H2. The molecule has 0 radical (unpaired) electrons. The largest absolute Gasteiger partial charge is 0.417 e. The molecule has 0 N–H and O–H groups in total. The van der Waals surface area contributed by atoms with Crippen molar-refractivity contribution < 1.29 is 22.9 Å². The average molecular weight is 293 g/mol. The Morgan fingerprint density at radius 1 is 1.47 bits per heavy atom. The number of hydrogen-bond acceptors (Lipinski definition) is 4. The predicted molar refractivity (Wildman–Crippen MR) is 57.9 cm³/mol. The van der Waals surface area contributed by atoms with Gasteiger partial charge in [0.1, 0.15) is 0 Å². The zero-order valence-electron chi connectivity index (χ0n) is 8.99. The van der Waals surface area contributed by atoms with E-state index in [1.165, 1.54) is 6.07 Å². The number of benzene rings is 1. The number of nitrogens with zero attached hydrogens (tertiary/aromatic N) is 2. The number of rotatable bonds is 3. The van der Waals surface area contributed by atoms with Gasteiger partial charge in [0.15, 0.2) is 5.78 Å². The molecular weight excluding hydrogens is 289 g/mol. The molecule has 0 heterocycles. The SMILES string of the molecule is N#Cc1cc(C(=O)CCl)c([N+](=O)[O-])cc1C(F)(F)F. The van der Waals surface area contributed by atoms with E-state index in [2.05, 4.69) is 0 Å². The number of nitro groups is 1. The van der Waals surface area contributed by atoms with Gasteiger partial charge >= 0.3 is 6.18 Å². The van der Waals surface area contributed by atoms with Crippen molar-refractivity contribution in [1.82, 2.24) is 0 Å². The Morgan fingerprint density at radius 3 is 2.42 bits per heavy atom. The highest BCUT2D eigenvalue weighted by molar-refractivity contribution is 6.31. The number of halogens is 4. The molecule has 0 aromatic heterocycles. The van der Waals surface area contributed by atoms with E-state index in [9.17, 15) is 28.1 Å².